The van der Waals surface area contributed by atoms with Crippen LogP contribution in [-0.2, 0) is 19.9 Å². The minimum absolute atomic E-state index is 0.139. The zero-order chi connectivity index (χ0) is 18.5. The van der Waals surface area contributed by atoms with Crippen LogP contribution in [0.2, 0.25) is 0 Å². The monoisotopic (exact) mass is 347 g/mol. The zero-order valence-corrected chi connectivity index (χ0v) is 14.9. The van der Waals surface area contributed by atoms with Gasteiger partial charge in [0.15, 0.2) is 0 Å². The lowest BCUT2D eigenvalue weighted by molar-refractivity contribution is 0.102. The highest BCUT2D eigenvalue weighted by Crippen LogP contribution is 2.14. The Morgan fingerprint density at radius 1 is 1.04 bits per heavy atom. The van der Waals surface area contributed by atoms with Crippen molar-refractivity contribution in [2.24, 2.45) is 7.05 Å². The summed E-state index contributed by atoms with van der Waals surface area (Å²) in [5.74, 6) is -0.392. The Bertz CT molecular complexity index is 978. The van der Waals surface area contributed by atoms with Crippen LogP contribution in [0.25, 0.3) is 0 Å². The number of aromatic nitrogens is 2. The van der Waals surface area contributed by atoms with Gasteiger partial charge in [-0.25, -0.2) is 0 Å². The molecule has 0 saturated heterocycles. The smallest absolute Gasteiger partial charge is 0.263 e. The van der Waals surface area contributed by atoms with Crippen LogP contribution < -0.4 is 10.9 Å². The maximum absolute atomic E-state index is 12.5. The van der Waals surface area contributed by atoms with E-state index in [2.05, 4.69) is 10.3 Å². The molecule has 0 unspecified atom stereocenters. The first-order chi connectivity index (χ1) is 12.5. The van der Waals surface area contributed by atoms with Gasteiger partial charge in [0.05, 0.1) is 0 Å². The first kappa shape index (κ1) is 17.6. The van der Waals surface area contributed by atoms with Crippen molar-refractivity contribution in [1.82, 2.24) is 9.55 Å². The lowest BCUT2D eigenvalue weighted by Crippen LogP contribution is -2.28. The number of nitrogens with zero attached hydrogens (tertiary/aromatic N) is 2. The van der Waals surface area contributed by atoms with E-state index in [-0.39, 0.29) is 11.1 Å². The quantitative estimate of drug-likeness (QED) is 0.771. The number of hydrogen-bond acceptors (Lipinski definition) is 3. The number of nitrogens with one attached hydrogen (secondary N) is 1. The van der Waals surface area contributed by atoms with Gasteiger partial charge in [-0.2, -0.15) is 0 Å². The second-order valence-corrected chi connectivity index (χ2v) is 6.26. The number of rotatable bonds is 5. The average molecular weight is 347 g/mol. The third-order valence-electron chi connectivity index (χ3n) is 4.44. The van der Waals surface area contributed by atoms with Gasteiger partial charge < -0.3 is 9.88 Å². The molecule has 132 valence electrons. The normalized spacial score (nSPS) is 10.5. The summed E-state index contributed by atoms with van der Waals surface area (Å²) in [5, 5.41) is 2.82. The van der Waals surface area contributed by atoms with Gasteiger partial charge in [0.25, 0.3) is 11.5 Å². The average Bonchev–Trinajstić information content (AvgIpc) is 2.65. The number of benzene rings is 1. The van der Waals surface area contributed by atoms with Crippen LogP contribution in [0.15, 0.2) is 65.7 Å². The molecule has 0 fully saturated rings. The molecule has 2 aromatic heterocycles. The predicted octanol–water partition coefficient (Wildman–Crippen LogP) is 3.13. The molecule has 2 heterocycles. The Morgan fingerprint density at radius 3 is 2.54 bits per heavy atom. The minimum atomic E-state index is -0.392. The molecule has 0 spiro atoms. The number of pyridine rings is 2. The van der Waals surface area contributed by atoms with Crippen molar-refractivity contribution in [3.05, 3.63) is 93.7 Å². The lowest BCUT2D eigenvalue weighted by Gasteiger charge is -2.09. The molecule has 0 radical (unpaired) electrons. The molecule has 5 nitrogen and oxygen atoms in total. The van der Waals surface area contributed by atoms with Gasteiger partial charge in [0, 0.05) is 30.8 Å². The second kappa shape index (κ2) is 7.78. The van der Waals surface area contributed by atoms with E-state index < -0.39 is 5.91 Å². The van der Waals surface area contributed by atoms with Gasteiger partial charge in [0.2, 0.25) is 0 Å². The van der Waals surface area contributed by atoms with Crippen molar-refractivity contribution in [2.45, 2.75) is 19.8 Å². The Kier molecular flexibility index (Phi) is 5.27. The van der Waals surface area contributed by atoms with Crippen molar-refractivity contribution in [3.8, 4) is 0 Å². The van der Waals surface area contributed by atoms with Crippen LogP contribution in [0.1, 0.15) is 27.2 Å². The number of carbonyl (C=O) groups excluding carboxylic acids is 1. The molecule has 1 N–H and O–H groups in total. The van der Waals surface area contributed by atoms with Gasteiger partial charge in [0.1, 0.15) is 5.56 Å². The van der Waals surface area contributed by atoms with E-state index in [0.29, 0.717) is 5.69 Å². The van der Waals surface area contributed by atoms with Gasteiger partial charge >= 0.3 is 0 Å². The van der Waals surface area contributed by atoms with E-state index in [1.54, 1.807) is 31.6 Å². The van der Waals surface area contributed by atoms with Gasteiger partial charge in [-0.3, -0.25) is 14.6 Å². The van der Waals surface area contributed by atoms with E-state index in [1.807, 2.05) is 43.3 Å². The number of carbonyl (C=O) groups is 1. The molecule has 0 atom stereocenters. The largest absolute Gasteiger partial charge is 0.322 e. The fourth-order valence-corrected chi connectivity index (χ4v) is 2.74. The highest BCUT2D eigenvalue weighted by atomic mass is 16.2. The van der Waals surface area contributed by atoms with E-state index in [9.17, 15) is 9.59 Å². The van der Waals surface area contributed by atoms with Crippen LogP contribution in [0.3, 0.4) is 0 Å². The van der Waals surface area contributed by atoms with E-state index >= 15 is 0 Å². The SMILES string of the molecule is Cc1ccc(C(=O)Nc2cccc(CCc3ccncc3)c2)c(=O)n1C. The molecule has 5 heteroatoms. The summed E-state index contributed by atoms with van der Waals surface area (Å²) >= 11 is 0. The first-order valence-electron chi connectivity index (χ1n) is 8.50. The zero-order valence-electron chi connectivity index (χ0n) is 14.9. The standard InChI is InChI=1S/C21H21N3O2/c1-15-6-9-19(21(26)24(15)2)20(25)23-18-5-3-4-17(14-18)8-7-16-10-12-22-13-11-16/h3-6,9-14H,7-8H2,1-2H3,(H,23,25). The van der Waals surface area contributed by atoms with Crippen LogP contribution >= 0.6 is 0 Å². The summed E-state index contributed by atoms with van der Waals surface area (Å²) in [5.41, 5.74) is 3.68. The first-order valence-corrected chi connectivity index (χ1v) is 8.50. The van der Waals surface area contributed by atoms with Gasteiger partial charge in [-0.15, -0.1) is 0 Å². The van der Waals surface area contributed by atoms with Crippen molar-refractivity contribution in [2.75, 3.05) is 5.32 Å². The Labute approximate surface area is 152 Å². The molecule has 3 rings (SSSR count). The number of hydrogen-bond donors (Lipinski definition) is 1. The summed E-state index contributed by atoms with van der Waals surface area (Å²) < 4.78 is 1.47. The summed E-state index contributed by atoms with van der Waals surface area (Å²) in [6, 6.07) is 15.0. The highest BCUT2D eigenvalue weighted by molar-refractivity contribution is 6.04. The third-order valence-corrected chi connectivity index (χ3v) is 4.44. The van der Waals surface area contributed by atoms with Gasteiger partial charge in [-0.05, 0) is 67.3 Å². The van der Waals surface area contributed by atoms with Crippen LogP contribution in [-0.4, -0.2) is 15.5 Å². The number of anilines is 1. The van der Waals surface area contributed by atoms with Crippen molar-refractivity contribution < 1.29 is 4.79 Å². The summed E-state index contributed by atoms with van der Waals surface area (Å²) in [6.45, 7) is 1.83. The highest BCUT2D eigenvalue weighted by Gasteiger charge is 2.12. The predicted molar refractivity (Wildman–Crippen MR) is 102 cm³/mol. The molecule has 1 aromatic carbocycles. The Hall–Kier alpha value is -3.21. The fraction of sp³-hybridized carbons (Fsp3) is 0.190. The molecule has 0 aliphatic carbocycles. The maximum Gasteiger partial charge on any atom is 0.263 e. The molecule has 0 bridgehead atoms. The van der Waals surface area contributed by atoms with Crippen molar-refractivity contribution in [3.63, 3.8) is 0 Å². The Balaban J connectivity index is 1.71. The maximum atomic E-state index is 12.5. The topological polar surface area (TPSA) is 64.0 Å². The molecule has 0 aliphatic rings. The van der Waals surface area contributed by atoms with Crippen LogP contribution in [0, 0.1) is 6.92 Å². The lowest BCUT2D eigenvalue weighted by atomic mass is 10.0. The third kappa shape index (κ3) is 4.06. The summed E-state index contributed by atoms with van der Waals surface area (Å²) in [6.07, 6.45) is 5.33. The molecule has 26 heavy (non-hydrogen) atoms. The molecular formula is C21H21N3O2. The summed E-state index contributed by atoms with van der Waals surface area (Å²) in [4.78, 5) is 28.7. The summed E-state index contributed by atoms with van der Waals surface area (Å²) in [7, 11) is 1.66. The molecule has 3 aromatic rings. The van der Waals surface area contributed by atoms with Crippen LogP contribution in [0.5, 0.6) is 0 Å². The Morgan fingerprint density at radius 2 is 1.77 bits per heavy atom. The number of amides is 1. The van der Waals surface area contributed by atoms with Crippen LogP contribution in [0.4, 0.5) is 5.69 Å². The van der Waals surface area contributed by atoms with Crippen molar-refractivity contribution in [1.29, 1.82) is 0 Å². The molecule has 0 aliphatic heterocycles. The second-order valence-electron chi connectivity index (χ2n) is 6.26. The minimum Gasteiger partial charge on any atom is -0.322 e. The molecule has 1 amide bonds. The van der Waals surface area contributed by atoms with E-state index in [4.69, 9.17) is 0 Å². The van der Waals surface area contributed by atoms with E-state index in [1.165, 1.54) is 10.1 Å². The fourth-order valence-electron chi connectivity index (χ4n) is 2.74. The molecular weight excluding hydrogens is 326 g/mol. The number of aryl methyl sites for hydroxylation is 3. The van der Waals surface area contributed by atoms with Crippen molar-refractivity contribution >= 4 is 11.6 Å². The van der Waals surface area contributed by atoms with E-state index in [0.717, 1.165) is 24.1 Å². The van der Waals surface area contributed by atoms with Gasteiger partial charge in [-0.1, -0.05) is 12.1 Å². The molecule has 0 saturated carbocycles.